The number of carbonyl (C=O) groups excluding carboxylic acids is 1. The van der Waals surface area contributed by atoms with Gasteiger partial charge in [-0.15, -0.1) is 11.3 Å². The lowest BCUT2D eigenvalue weighted by atomic mass is 10.2. The van der Waals surface area contributed by atoms with E-state index in [0.717, 1.165) is 29.8 Å². The number of hydrogen-bond donors (Lipinski definition) is 0. The molecule has 0 fully saturated rings. The second-order valence-electron chi connectivity index (χ2n) is 4.32. The van der Waals surface area contributed by atoms with Crippen LogP contribution in [-0.2, 0) is 0 Å². The van der Waals surface area contributed by atoms with Crippen molar-refractivity contribution in [1.82, 2.24) is 9.78 Å². The first-order chi connectivity index (χ1) is 9.24. The van der Waals surface area contributed by atoms with Gasteiger partial charge in [0.1, 0.15) is 11.4 Å². The normalized spacial score (nSPS) is 10.9. The van der Waals surface area contributed by atoms with E-state index >= 15 is 0 Å². The molecule has 0 spiro atoms. The smallest absolute Gasteiger partial charge is 0.153 e. The third kappa shape index (κ3) is 2.56. The van der Waals surface area contributed by atoms with Crippen molar-refractivity contribution in [2.45, 2.75) is 32.7 Å². The van der Waals surface area contributed by atoms with Gasteiger partial charge in [-0.25, -0.2) is 0 Å². The lowest BCUT2D eigenvalue weighted by Gasteiger charge is -2.12. The topological polar surface area (TPSA) is 44.1 Å². The zero-order valence-corrected chi connectivity index (χ0v) is 12.2. The van der Waals surface area contributed by atoms with Crippen LogP contribution in [0.4, 0.5) is 0 Å². The summed E-state index contributed by atoms with van der Waals surface area (Å²) in [7, 11) is 1.63. The van der Waals surface area contributed by atoms with Gasteiger partial charge in [0, 0.05) is 6.20 Å². The minimum Gasteiger partial charge on any atom is -0.495 e. The number of aldehydes is 1. The van der Waals surface area contributed by atoms with Crippen molar-refractivity contribution in [2.75, 3.05) is 7.11 Å². The van der Waals surface area contributed by atoms with Crippen LogP contribution in [0.2, 0.25) is 0 Å². The minimum absolute atomic E-state index is 0.332. The SMILES string of the molecule is CCC(CC)n1cc(C=O)c(-c2sccc2OC)n1. The van der Waals surface area contributed by atoms with Crippen LogP contribution in [-0.4, -0.2) is 23.2 Å². The summed E-state index contributed by atoms with van der Waals surface area (Å²) in [6.07, 6.45) is 4.69. The molecule has 2 aromatic heterocycles. The van der Waals surface area contributed by atoms with Crippen molar-refractivity contribution < 1.29 is 9.53 Å². The lowest BCUT2D eigenvalue weighted by Crippen LogP contribution is -2.07. The van der Waals surface area contributed by atoms with Crippen LogP contribution in [0.15, 0.2) is 17.6 Å². The van der Waals surface area contributed by atoms with Gasteiger partial charge in [-0.1, -0.05) is 13.8 Å². The van der Waals surface area contributed by atoms with Gasteiger partial charge in [-0.3, -0.25) is 9.48 Å². The molecule has 0 aromatic carbocycles. The van der Waals surface area contributed by atoms with Gasteiger partial charge in [-0.2, -0.15) is 5.10 Å². The number of hydrogen-bond acceptors (Lipinski definition) is 4. The molecule has 0 radical (unpaired) electrons. The van der Waals surface area contributed by atoms with Crippen LogP contribution < -0.4 is 4.74 Å². The zero-order chi connectivity index (χ0) is 13.8. The Morgan fingerprint density at radius 3 is 2.79 bits per heavy atom. The van der Waals surface area contributed by atoms with E-state index in [1.165, 1.54) is 11.3 Å². The average Bonchev–Trinajstić information content (AvgIpc) is 3.05. The van der Waals surface area contributed by atoms with E-state index in [9.17, 15) is 4.79 Å². The quantitative estimate of drug-likeness (QED) is 0.755. The maximum Gasteiger partial charge on any atom is 0.153 e. The van der Waals surface area contributed by atoms with Crippen molar-refractivity contribution in [2.24, 2.45) is 0 Å². The van der Waals surface area contributed by atoms with E-state index in [1.54, 1.807) is 7.11 Å². The summed E-state index contributed by atoms with van der Waals surface area (Å²) in [5.41, 5.74) is 1.33. The van der Waals surface area contributed by atoms with Gasteiger partial charge < -0.3 is 4.74 Å². The lowest BCUT2D eigenvalue weighted by molar-refractivity contribution is 0.112. The first-order valence-electron chi connectivity index (χ1n) is 6.41. The Hall–Kier alpha value is -1.62. The monoisotopic (exact) mass is 278 g/mol. The van der Waals surface area contributed by atoms with E-state index in [0.29, 0.717) is 17.3 Å². The van der Waals surface area contributed by atoms with E-state index in [-0.39, 0.29) is 0 Å². The maximum absolute atomic E-state index is 11.2. The van der Waals surface area contributed by atoms with Crippen molar-refractivity contribution in [3.8, 4) is 16.3 Å². The predicted octanol–water partition coefficient (Wildman–Crippen LogP) is 3.79. The van der Waals surface area contributed by atoms with Crippen LogP contribution in [0.5, 0.6) is 5.75 Å². The number of nitrogens with zero attached hydrogens (tertiary/aromatic N) is 2. The van der Waals surface area contributed by atoms with Gasteiger partial charge in [0.2, 0.25) is 0 Å². The molecule has 0 N–H and O–H groups in total. The van der Waals surface area contributed by atoms with Gasteiger partial charge >= 0.3 is 0 Å². The Labute approximate surface area is 117 Å². The van der Waals surface area contributed by atoms with E-state index < -0.39 is 0 Å². The highest BCUT2D eigenvalue weighted by atomic mass is 32.1. The summed E-state index contributed by atoms with van der Waals surface area (Å²) in [5, 5.41) is 6.53. The molecular formula is C14H18N2O2S. The highest BCUT2D eigenvalue weighted by molar-refractivity contribution is 7.14. The highest BCUT2D eigenvalue weighted by Crippen LogP contribution is 2.36. The number of methoxy groups -OCH3 is 1. The molecule has 0 bridgehead atoms. The summed E-state index contributed by atoms with van der Waals surface area (Å²) in [4.78, 5) is 12.2. The molecule has 2 aromatic rings. The van der Waals surface area contributed by atoms with Crippen LogP contribution in [0.25, 0.3) is 10.6 Å². The van der Waals surface area contributed by atoms with Crippen molar-refractivity contribution in [3.05, 3.63) is 23.2 Å². The Balaban J connectivity index is 2.48. The van der Waals surface area contributed by atoms with Crippen LogP contribution >= 0.6 is 11.3 Å². The molecule has 4 nitrogen and oxygen atoms in total. The molecule has 0 amide bonds. The summed E-state index contributed by atoms with van der Waals surface area (Å²) in [6.45, 7) is 4.25. The third-order valence-corrected chi connectivity index (χ3v) is 4.17. The molecule has 0 unspecified atom stereocenters. The molecule has 0 saturated heterocycles. The van der Waals surface area contributed by atoms with Crippen LogP contribution in [0.3, 0.4) is 0 Å². The van der Waals surface area contributed by atoms with Gasteiger partial charge in [0.15, 0.2) is 6.29 Å². The van der Waals surface area contributed by atoms with E-state index in [1.807, 2.05) is 22.3 Å². The van der Waals surface area contributed by atoms with E-state index in [2.05, 4.69) is 18.9 Å². The Bertz CT molecular complexity index is 556. The fraction of sp³-hybridized carbons (Fsp3) is 0.429. The standard InChI is InChI=1S/C14H18N2O2S/c1-4-11(5-2)16-8-10(9-17)13(15-16)14-12(18-3)6-7-19-14/h6-9,11H,4-5H2,1-3H3. The average molecular weight is 278 g/mol. The molecule has 5 heteroatoms. The zero-order valence-electron chi connectivity index (χ0n) is 11.4. The highest BCUT2D eigenvalue weighted by Gasteiger charge is 2.18. The first kappa shape index (κ1) is 13.8. The minimum atomic E-state index is 0.332. The number of ether oxygens (including phenoxy) is 1. The Morgan fingerprint density at radius 1 is 1.47 bits per heavy atom. The molecule has 0 saturated carbocycles. The Kier molecular flexibility index (Phi) is 4.37. The number of thiophene rings is 1. The second kappa shape index (κ2) is 6.02. The second-order valence-corrected chi connectivity index (χ2v) is 5.24. The molecule has 102 valence electrons. The molecule has 0 aliphatic heterocycles. The van der Waals surface area contributed by atoms with Crippen molar-refractivity contribution >= 4 is 17.6 Å². The number of carbonyl (C=O) groups is 1. The maximum atomic E-state index is 11.2. The van der Waals surface area contributed by atoms with Crippen LogP contribution in [0, 0.1) is 0 Å². The summed E-state index contributed by atoms with van der Waals surface area (Å²) < 4.78 is 7.21. The summed E-state index contributed by atoms with van der Waals surface area (Å²) >= 11 is 1.54. The first-order valence-corrected chi connectivity index (χ1v) is 7.29. The number of aromatic nitrogens is 2. The van der Waals surface area contributed by atoms with Crippen molar-refractivity contribution in [3.63, 3.8) is 0 Å². The Morgan fingerprint density at radius 2 is 2.21 bits per heavy atom. The van der Waals surface area contributed by atoms with Crippen LogP contribution in [0.1, 0.15) is 43.1 Å². The molecule has 0 aliphatic carbocycles. The molecular weight excluding hydrogens is 260 g/mol. The van der Waals surface area contributed by atoms with Gasteiger partial charge in [0.25, 0.3) is 0 Å². The van der Waals surface area contributed by atoms with Gasteiger partial charge in [-0.05, 0) is 24.3 Å². The van der Waals surface area contributed by atoms with E-state index in [4.69, 9.17) is 4.74 Å². The number of rotatable bonds is 6. The molecule has 2 rings (SSSR count). The fourth-order valence-corrected chi connectivity index (χ4v) is 3.01. The largest absolute Gasteiger partial charge is 0.495 e. The van der Waals surface area contributed by atoms with Gasteiger partial charge in [0.05, 0.1) is 23.6 Å². The third-order valence-electron chi connectivity index (χ3n) is 3.27. The van der Waals surface area contributed by atoms with Crippen molar-refractivity contribution in [1.29, 1.82) is 0 Å². The summed E-state index contributed by atoms with van der Waals surface area (Å²) in [6, 6.07) is 2.23. The molecule has 0 aliphatic rings. The molecule has 19 heavy (non-hydrogen) atoms. The fourth-order valence-electron chi connectivity index (χ4n) is 2.15. The molecule has 2 heterocycles. The molecule has 0 atom stereocenters. The predicted molar refractivity (Wildman–Crippen MR) is 77.1 cm³/mol. The summed E-state index contributed by atoms with van der Waals surface area (Å²) in [5.74, 6) is 0.767.